The third kappa shape index (κ3) is 4.80. The van der Waals surface area contributed by atoms with Crippen LogP contribution in [-0.4, -0.2) is 17.4 Å². The number of rotatable bonds is 6. The third-order valence-electron chi connectivity index (χ3n) is 3.77. The Morgan fingerprint density at radius 2 is 1.81 bits per heavy atom. The van der Waals surface area contributed by atoms with Gasteiger partial charge in [-0.3, -0.25) is 4.79 Å². The van der Waals surface area contributed by atoms with E-state index in [1.807, 2.05) is 24.3 Å². The number of carbonyl (C=O) groups is 1. The summed E-state index contributed by atoms with van der Waals surface area (Å²) in [5.41, 5.74) is 1.87. The van der Waals surface area contributed by atoms with E-state index in [0.29, 0.717) is 35.1 Å². The molecule has 3 rings (SSSR count). The molecule has 1 heterocycles. The zero-order valence-corrected chi connectivity index (χ0v) is 14.6. The summed E-state index contributed by atoms with van der Waals surface area (Å²) in [6.07, 6.45) is 2.17. The van der Waals surface area contributed by atoms with E-state index in [-0.39, 0.29) is 11.7 Å². The summed E-state index contributed by atoms with van der Waals surface area (Å²) in [4.78, 5) is 16.3. The van der Waals surface area contributed by atoms with Crippen molar-refractivity contribution in [1.29, 1.82) is 0 Å². The fraction of sp³-hybridized carbons (Fsp3) is 0.100. The molecule has 0 aliphatic carbocycles. The second kappa shape index (κ2) is 8.45. The van der Waals surface area contributed by atoms with Crippen molar-refractivity contribution in [3.05, 3.63) is 88.8 Å². The van der Waals surface area contributed by atoms with Crippen LogP contribution in [0, 0.1) is 5.82 Å². The molecule has 0 bridgehead atoms. The zero-order valence-electron chi connectivity index (χ0n) is 13.9. The summed E-state index contributed by atoms with van der Waals surface area (Å²) >= 11 is 5.85. The standard InChI is InChI=1S/C20H17ClFN3O/c21-16-8-5-14(6-9-16)11-12-23-20(26)15-7-10-19(24-13-15)25-18-4-2-1-3-17(18)22/h1-10,13H,11-12H2,(H,23,26)(H,24,25). The number of halogens is 2. The maximum absolute atomic E-state index is 13.6. The number of nitrogens with one attached hydrogen (secondary N) is 2. The molecule has 0 saturated carbocycles. The van der Waals surface area contributed by atoms with E-state index < -0.39 is 0 Å². The van der Waals surface area contributed by atoms with Gasteiger partial charge >= 0.3 is 0 Å². The van der Waals surface area contributed by atoms with Crippen LogP contribution in [-0.2, 0) is 6.42 Å². The van der Waals surface area contributed by atoms with Gasteiger partial charge in [-0.15, -0.1) is 0 Å². The van der Waals surface area contributed by atoms with Crippen molar-refractivity contribution in [2.45, 2.75) is 6.42 Å². The number of benzene rings is 2. The minimum Gasteiger partial charge on any atom is -0.352 e. The predicted molar refractivity (Wildman–Crippen MR) is 101 cm³/mol. The van der Waals surface area contributed by atoms with Crippen molar-refractivity contribution in [1.82, 2.24) is 10.3 Å². The van der Waals surface area contributed by atoms with E-state index in [4.69, 9.17) is 11.6 Å². The largest absolute Gasteiger partial charge is 0.352 e. The van der Waals surface area contributed by atoms with E-state index in [0.717, 1.165) is 5.56 Å². The molecule has 2 N–H and O–H groups in total. The first-order valence-electron chi connectivity index (χ1n) is 8.12. The summed E-state index contributed by atoms with van der Waals surface area (Å²) < 4.78 is 13.6. The minimum absolute atomic E-state index is 0.205. The Morgan fingerprint density at radius 1 is 1.04 bits per heavy atom. The van der Waals surface area contributed by atoms with Gasteiger partial charge in [0.1, 0.15) is 11.6 Å². The van der Waals surface area contributed by atoms with Crippen molar-refractivity contribution < 1.29 is 9.18 Å². The van der Waals surface area contributed by atoms with Crippen molar-refractivity contribution in [2.24, 2.45) is 0 Å². The fourth-order valence-electron chi connectivity index (χ4n) is 2.38. The smallest absolute Gasteiger partial charge is 0.252 e. The van der Waals surface area contributed by atoms with E-state index in [1.165, 1.54) is 12.3 Å². The SMILES string of the molecule is O=C(NCCc1ccc(Cl)cc1)c1ccc(Nc2ccccc2F)nc1. The quantitative estimate of drug-likeness (QED) is 0.668. The number of hydrogen-bond donors (Lipinski definition) is 2. The van der Waals surface area contributed by atoms with Crippen LogP contribution in [0.4, 0.5) is 15.9 Å². The van der Waals surface area contributed by atoms with Gasteiger partial charge in [-0.05, 0) is 48.4 Å². The van der Waals surface area contributed by atoms with Gasteiger partial charge in [0.05, 0.1) is 11.3 Å². The number of anilines is 2. The van der Waals surface area contributed by atoms with Crippen molar-refractivity contribution >= 4 is 29.0 Å². The van der Waals surface area contributed by atoms with E-state index in [2.05, 4.69) is 15.6 Å². The number of amides is 1. The summed E-state index contributed by atoms with van der Waals surface area (Å²) in [6, 6.07) is 17.1. The van der Waals surface area contributed by atoms with Gasteiger partial charge in [0.2, 0.25) is 0 Å². The van der Waals surface area contributed by atoms with Crippen LogP contribution in [0.2, 0.25) is 5.02 Å². The topological polar surface area (TPSA) is 54.0 Å². The Balaban J connectivity index is 1.53. The molecule has 1 aromatic heterocycles. The lowest BCUT2D eigenvalue weighted by Crippen LogP contribution is -2.25. The van der Waals surface area contributed by atoms with Gasteiger partial charge in [-0.2, -0.15) is 0 Å². The second-order valence-electron chi connectivity index (χ2n) is 5.67. The fourth-order valence-corrected chi connectivity index (χ4v) is 2.50. The summed E-state index contributed by atoms with van der Waals surface area (Å²) in [7, 11) is 0. The molecule has 132 valence electrons. The molecule has 2 aromatic carbocycles. The molecule has 0 aliphatic heterocycles. The van der Waals surface area contributed by atoms with Crippen molar-refractivity contribution in [3.63, 3.8) is 0 Å². The van der Waals surface area contributed by atoms with E-state index in [1.54, 1.807) is 30.3 Å². The Bertz CT molecular complexity index is 882. The summed E-state index contributed by atoms with van der Waals surface area (Å²) in [5.74, 6) is -0.102. The molecule has 0 fully saturated rings. The molecule has 0 unspecified atom stereocenters. The molecule has 4 nitrogen and oxygen atoms in total. The molecule has 0 atom stereocenters. The normalized spacial score (nSPS) is 10.4. The van der Waals surface area contributed by atoms with Gasteiger partial charge in [-0.25, -0.2) is 9.37 Å². The third-order valence-corrected chi connectivity index (χ3v) is 4.03. The summed E-state index contributed by atoms with van der Waals surface area (Å²) in [6.45, 7) is 0.510. The number of carbonyl (C=O) groups excluding carboxylic acids is 1. The van der Waals surface area contributed by atoms with Crippen LogP contribution in [0.1, 0.15) is 15.9 Å². The minimum atomic E-state index is -0.363. The molecule has 1 amide bonds. The Hall–Kier alpha value is -2.92. The van der Waals surface area contributed by atoms with Gasteiger partial charge in [0.25, 0.3) is 5.91 Å². The van der Waals surface area contributed by atoms with Gasteiger partial charge < -0.3 is 10.6 Å². The molecule has 0 aliphatic rings. The Labute approximate surface area is 156 Å². The van der Waals surface area contributed by atoms with E-state index in [9.17, 15) is 9.18 Å². The van der Waals surface area contributed by atoms with Gasteiger partial charge in [-0.1, -0.05) is 35.9 Å². The molecule has 3 aromatic rings. The molecular weight excluding hydrogens is 353 g/mol. The monoisotopic (exact) mass is 369 g/mol. The number of hydrogen-bond acceptors (Lipinski definition) is 3. The van der Waals surface area contributed by atoms with E-state index >= 15 is 0 Å². The maximum Gasteiger partial charge on any atom is 0.252 e. The molecular formula is C20H17ClFN3O. The van der Waals surface area contributed by atoms with Gasteiger partial charge in [0, 0.05) is 17.8 Å². The average Bonchev–Trinajstić information content (AvgIpc) is 2.66. The number of pyridine rings is 1. The van der Waals surface area contributed by atoms with Crippen LogP contribution < -0.4 is 10.6 Å². The van der Waals surface area contributed by atoms with Crippen LogP contribution in [0.3, 0.4) is 0 Å². The first-order chi connectivity index (χ1) is 12.6. The Kier molecular flexibility index (Phi) is 5.81. The lowest BCUT2D eigenvalue weighted by atomic mass is 10.1. The maximum atomic E-state index is 13.6. The lowest BCUT2D eigenvalue weighted by Gasteiger charge is -2.08. The molecule has 0 radical (unpaired) electrons. The summed E-state index contributed by atoms with van der Waals surface area (Å²) in [5, 5.41) is 6.41. The molecule has 0 saturated heterocycles. The predicted octanol–water partition coefficient (Wildman–Crippen LogP) is 4.59. The first kappa shape index (κ1) is 17.9. The highest BCUT2D eigenvalue weighted by Crippen LogP contribution is 2.18. The highest BCUT2D eigenvalue weighted by atomic mass is 35.5. The van der Waals surface area contributed by atoms with Crippen molar-refractivity contribution in [2.75, 3.05) is 11.9 Å². The van der Waals surface area contributed by atoms with Crippen LogP contribution in [0.5, 0.6) is 0 Å². The highest BCUT2D eigenvalue weighted by Gasteiger charge is 2.07. The second-order valence-corrected chi connectivity index (χ2v) is 6.11. The van der Waals surface area contributed by atoms with Crippen LogP contribution in [0.15, 0.2) is 66.9 Å². The number of nitrogens with zero attached hydrogens (tertiary/aromatic N) is 1. The first-order valence-corrected chi connectivity index (χ1v) is 8.50. The van der Waals surface area contributed by atoms with Crippen LogP contribution in [0.25, 0.3) is 0 Å². The molecule has 26 heavy (non-hydrogen) atoms. The number of para-hydroxylation sites is 1. The lowest BCUT2D eigenvalue weighted by molar-refractivity contribution is 0.0954. The zero-order chi connectivity index (χ0) is 18.4. The average molecular weight is 370 g/mol. The van der Waals surface area contributed by atoms with Crippen LogP contribution >= 0.6 is 11.6 Å². The highest BCUT2D eigenvalue weighted by molar-refractivity contribution is 6.30. The Morgan fingerprint density at radius 3 is 2.50 bits per heavy atom. The van der Waals surface area contributed by atoms with Gasteiger partial charge in [0.15, 0.2) is 0 Å². The molecule has 6 heteroatoms. The molecule has 0 spiro atoms. The van der Waals surface area contributed by atoms with Crippen molar-refractivity contribution in [3.8, 4) is 0 Å². The number of aromatic nitrogens is 1.